The largest absolute Gasteiger partial charge is 0.245 e. The normalized spacial score (nSPS) is 11.3. The van der Waals surface area contributed by atoms with E-state index in [2.05, 4.69) is 16.4 Å². The zero-order valence-corrected chi connectivity index (χ0v) is 16.9. The zero-order chi connectivity index (χ0) is 17.2. The number of thioether (sulfide) groups is 1. The molecule has 0 bridgehead atoms. The van der Waals surface area contributed by atoms with Gasteiger partial charge in [0.1, 0.15) is 0 Å². The Morgan fingerprint density at radius 2 is 1.88 bits per heavy atom. The van der Waals surface area contributed by atoms with Crippen LogP contribution < -0.4 is 0 Å². The summed E-state index contributed by atoms with van der Waals surface area (Å²) in [6.07, 6.45) is 0.771. The minimum Gasteiger partial charge on any atom is -0.245 e. The Morgan fingerprint density at radius 3 is 2.72 bits per heavy atom. The van der Waals surface area contributed by atoms with Crippen LogP contribution in [-0.2, 0) is 12.2 Å². The fraction of sp³-hybridized carbons (Fsp3) is 0.111. The van der Waals surface area contributed by atoms with Crippen LogP contribution in [0.3, 0.4) is 0 Å². The van der Waals surface area contributed by atoms with Gasteiger partial charge in [-0.3, -0.25) is 0 Å². The maximum absolute atomic E-state index is 6.08. The minimum atomic E-state index is 0.581. The maximum atomic E-state index is 6.08. The molecule has 7 heteroatoms. The Hall–Kier alpha value is -1.11. The van der Waals surface area contributed by atoms with Crippen LogP contribution in [0.5, 0.6) is 0 Å². The number of nitrogens with zero attached hydrogens (tertiary/aromatic N) is 2. The smallest absolute Gasteiger partial charge is 0.151 e. The third-order valence-electron chi connectivity index (χ3n) is 3.56. The number of benzene rings is 2. The van der Waals surface area contributed by atoms with Gasteiger partial charge in [0.25, 0.3) is 0 Å². The first-order valence-corrected chi connectivity index (χ1v) is 11.0. The molecule has 4 rings (SSSR count). The highest BCUT2D eigenvalue weighted by Crippen LogP contribution is 2.32. The minimum absolute atomic E-state index is 0.581. The Balaban J connectivity index is 1.41. The van der Waals surface area contributed by atoms with E-state index in [0.29, 0.717) is 10.0 Å². The van der Waals surface area contributed by atoms with Crippen molar-refractivity contribution in [2.75, 3.05) is 0 Å². The zero-order valence-electron chi connectivity index (χ0n) is 12.9. The van der Waals surface area contributed by atoms with Crippen molar-refractivity contribution in [3.63, 3.8) is 0 Å². The number of fused-ring (bicyclic) bond motifs is 1. The van der Waals surface area contributed by atoms with Gasteiger partial charge in [0.2, 0.25) is 0 Å². The van der Waals surface area contributed by atoms with Crippen molar-refractivity contribution in [3.8, 4) is 0 Å². The van der Waals surface area contributed by atoms with Crippen LogP contribution in [0.15, 0.2) is 52.2 Å². The molecule has 0 amide bonds. The molecule has 0 fully saturated rings. The van der Waals surface area contributed by atoms with E-state index in [4.69, 9.17) is 28.2 Å². The molecule has 0 aliphatic heterocycles. The fourth-order valence-electron chi connectivity index (χ4n) is 2.37. The highest BCUT2D eigenvalue weighted by molar-refractivity contribution is 8.00. The van der Waals surface area contributed by atoms with E-state index in [1.54, 1.807) is 34.4 Å². The molecule has 2 aromatic heterocycles. The molecule has 0 saturated carbocycles. The van der Waals surface area contributed by atoms with Crippen LogP contribution in [-0.4, -0.2) is 9.97 Å². The lowest BCUT2D eigenvalue weighted by Crippen LogP contribution is -1.89. The average Bonchev–Trinajstić information content (AvgIpc) is 3.22. The predicted octanol–water partition coefficient (Wildman–Crippen LogP) is 6.94. The maximum Gasteiger partial charge on any atom is 0.151 e. The summed E-state index contributed by atoms with van der Waals surface area (Å²) in [7, 11) is 0. The Labute approximate surface area is 167 Å². The van der Waals surface area contributed by atoms with Gasteiger partial charge in [-0.2, -0.15) is 0 Å². The van der Waals surface area contributed by atoms with Crippen molar-refractivity contribution in [2.24, 2.45) is 0 Å². The van der Waals surface area contributed by atoms with Gasteiger partial charge in [0.05, 0.1) is 31.0 Å². The number of hydrogen-bond acceptors (Lipinski definition) is 5. The quantitative estimate of drug-likeness (QED) is 0.325. The van der Waals surface area contributed by atoms with Gasteiger partial charge in [0, 0.05) is 17.6 Å². The summed E-state index contributed by atoms with van der Waals surface area (Å²) >= 11 is 17.2. The molecular formula is C18H12Cl2N2S3. The lowest BCUT2D eigenvalue weighted by molar-refractivity contribution is 1.09. The SMILES string of the molecule is Clc1ccc(Cc2nc(CSc3nc4ccccc4s3)cs2)cc1Cl. The molecular weight excluding hydrogens is 411 g/mol. The van der Waals surface area contributed by atoms with Gasteiger partial charge in [-0.15, -0.1) is 22.7 Å². The Bertz CT molecular complexity index is 993. The molecule has 0 saturated heterocycles. The second kappa shape index (κ2) is 7.64. The van der Waals surface area contributed by atoms with Gasteiger partial charge >= 0.3 is 0 Å². The third-order valence-corrected chi connectivity index (χ3v) is 7.41. The summed E-state index contributed by atoms with van der Waals surface area (Å²) in [5, 5.41) is 4.37. The first-order chi connectivity index (χ1) is 12.2. The Kier molecular flexibility index (Phi) is 5.29. The van der Waals surface area contributed by atoms with E-state index in [-0.39, 0.29) is 0 Å². The highest BCUT2D eigenvalue weighted by atomic mass is 35.5. The summed E-state index contributed by atoms with van der Waals surface area (Å²) < 4.78 is 2.31. The van der Waals surface area contributed by atoms with E-state index in [0.717, 1.165) is 38.3 Å². The molecule has 2 nitrogen and oxygen atoms in total. The summed E-state index contributed by atoms with van der Waals surface area (Å²) in [6, 6.07) is 13.9. The standard InChI is InChI=1S/C18H12Cl2N2S3/c19-13-6-5-11(7-14(13)20)8-17-21-12(9-23-17)10-24-18-22-15-3-1-2-4-16(15)25-18/h1-7,9H,8,10H2. The molecule has 0 aliphatic carbocycles. The molecule has 2 aromatic carbocycles. The molecule has 0 spiro atoms. The van der Waals surface area contributed by atoms with E-state index in [1.165, 1.54) is 4.70 Å². The summed E-state index contributed by atoms with van der Waals surface area (Å²) in [4.78, 5) is 9.38. The molecule has 2 heterocycles. The fourth-order valence-corrected chi connectivity index (χ4v) is 5.58. The van der Waals surface area contributed by atoms with Crippen LogP contribution in [0.2, 0.25) is 10.0 Å². The molecule has 25 heavy (non-hydrogen) atoms. The molecule has 0 N–H and O–H groups in total. The van der Waals surface area contributed by atoms with E-state index in [1.807, 2.05) is 36.4 Å². The van der Waals surface area contributed by atoms with Crippen molar-refractivity contribution in [3.05, 3.63) is 74.2 Å². The first-order valence-electron chi connectivity index (χ1n) is 7.53. The summed E-state index contributed by atoms with van der Waals surface area (Å²) in [6.45, 7) is 0. The van der Waals surface area contributed by atoms with Crippen LogP contribution in [0, 0.1) is 0 Å². The van der Waals surface area contributed by atoms with Crippen LogP contribution >= 0.6 is 57.6 Å². The third kappa shape index (κ3) is 4.18. The van der Waals surface area contributed by atoms with Gasteiger partial charge < -0.3 is 0 Å². The van der Waals surface area contributed by atoms with Gasteiger partial charge in [-0.05, 0) is 29.8 Å². The average molecular weight is 423 g/mol. The second-order valence-corrected chi connectivity index (χ2v) is 9.40. The molecule has 126 valence electrons. The van der Waals surface area contributed by atoms with E-state index >= 15 is 0 Å². The Morgan fingerprint density at radius 1 is 1.00 bits per heavy atom. The molecule has 4 aromatic rings. The van der Waals surface area contributed by atoms with Crippen molar-refractivity contribution in [1.29, 1.82) is 0 Å². The number of thiazole rings is 2. The van der Waals surface area contributed by atoms with Gasteiger partial charge in [-0.1, -0.05) is 53.2 Å². The van der Waals surface area contributed by atoms with Crippen molar-refractivity contribution >= 4 is 67.9 Å². The van der Waals surface area contributed by atoms with Gasteiger partial charge in [-0.25, -0.2) is 9.97 Å². The van der Waals surface area contributed by atoms with Crippen LogP contribution in [0.1, 0.15) is 16.3 Å². The molecule has 0 unspecified atom stereocenters. The predicted molar refractivity (Wildman–Crippen MR) is 111 cm³/mol. The topological polar surface area (TPSA) is 25.8 Å². The highest BCUT2D eigenvalue weighted by Gasteiger charge is 2.08. The lowest BCUT2D eigenvalue weighted by Gasteiger charge is -2.00. The van der Waals surface area contributed by atoms with Crippen LogP contribution in [0.25, 0.3) is 10.2 Å². The van der Waals surface area contributed by atoms with Crippen molar-refractivity contribution in [2.45, 2.75) is 16.5 Å². The van der Waals surface area contributed by atoms with Crippen molar-refractivity contribution < 1.29 is 0 Å². The first kappa shape index (κ1) is 17.3. The lowest BCUT2D eigenvalue weighted by atomic mass is 10.2. The number of aromatic nitrogens is 2. The summed E-state index contributed by atoms with van der Waals surface area (Å²) in [5.41, 5.74) is 3.27. The number of para-hydroxylation sites is 1. The van der Waals surface area contributed by atoms with Crippen molar-refractivity contribution in [1.82, 2.24) is 9.97 Å². The number of hydrogen-bond donors (Lipinski definition) is 0. The number of rotatable bonds is 5. The molecule has 0 radical (unpaired) electrons. The van der Waals surface area contributed by atoms with E-state index in [9.17, 15) is 0 Å². The van der Waals surface area contributed by atoms with Gasteiger partial charge in [0.15, 0.2) is 4.34 Å². The summed E-state index contributed by atoms with van der Waals surface area (Å²) in [5.74, 6) is 0.831. The molecule has 0 atom stereocenters. The van der Waals surface area contributed by atoms with E-state index < -0.39 is 0 Å². The molecule has 0 aliphatic rings. The second-order valence-electron chi connectivity index (χ2n) is 5.39. The monoisotopic (exact) mass is 422 g/mol. The number of halogens is 2. The van der Waals surface area contributed by atoms with Crippen LogP contribution in [0.4, 0.5) is 0 Å².